The Morgan fingerprint density at radius 3 is 2.62 bits per heavy atom. The molecule has 0 radical (unpaired) electrons. The van der Waals surface area contributed by atoms with Crippen molar-refractivity contribution >= 4 is 0 Å². The number of nitrogens with one attached hydrogen (secondary N) is 1. The zero-order chi connectivity index (χ0) is 11.6. The summed E-state index contributed by atoms with van der Waals surface area (Å²) in [5.41, 5.74) is 1.78. The molecule has 0 aliphatic heterocycles. The quantitative estimate of drug-likeness (QED) is 0.842. The van der Waals surface area contributed by atoms with Crippen molar-refractivity contribution in [3.63, 3.8) is 0 Å². The third-order valence-electron chi connectivity index (χ3n) is 3.91. The van der Waals surface area contributed by atoms with Gasteiger partial charge in [-0.05, 0) is 42.9 Å². The predicted molar refractivity (Wildman–Crippen MR) is 67.2 cm³/mol. The van der Waals surface area contributed by atoms with Crippen LogP contribution >= 0.6 is 0 Å². The van der Waals surface area contributed by atoms with E-state index in [1.54, 1.807) is 0 Å². The van der Waals surface area contributed by atoms with Crippen molar-refractivity contribution < 1.29 is 0 Å². The molecule has 2 atom stereocenters. The third-order valence-corrected chi connectivity index (χ3v) is 3.91. The lowest BCUT2D eigenvalue weighted by molar-refractivity contribution is 0.266. The lowest BCUT2D eigenvalue weighted by Crippen LogP contribution is -2.39. The zero-order valence-corrected chi connectivity index (χ0v) is 10.5. The van der Waals surface area contributed by atoms with Crippen LogP contribution in [0.2, 0.25) is 0 Å². The lowest BCUT2D eigenvalue weighted by atomic mass is 9.87. The van der Waals surface area contributed by atoms with Crippen LogP contribution in [0.1, 0.15) is 51.6 Å². The number of rotatable bonds is 3. The Bertz CT molecular complexity index is 332. The average molecular weight is 218 g/mol. The van der Waals surface area contributed by atoms with Crippen LogP contribution in [0.4, 0.5) is 0 Å². The predicted octanol–water partition coefficient (Wildman–Crippen LogP) is 3.31. The molecular formula is C14H22N2. The monoisotopic (exact) mass is 218 g/mol. The summed E-state index contributed by atoms with van der Waals surface area (Å²) >= 11 is 0. The van der Waals surface area contributed by atoms with Gasteiger partial charge in [0.15, 0.2) is 0 Å². The fourth-order valence-corrected chi connectivity index (χ4v) is 2.69. The van der Waals surface area contributed by atoms with Crippen LogP contribution in [0, 0.1) is 5.41 Å². The highest BCUT2D eigenvalue weighted by atomic mass is 15.0. The second-order valence-electron chi connectivity index (χ2n) is 5.60. The first-order valence-electron chi connectivity index (χ1n) is 6.25. The van der Waals surface area contributed by atoms with E-state index in [0.29, 0.717) is 17.5 Å². The molecule has 0 amide bonds. The largest absolute Gasteiger partial charge is 0.307 e. The van der Waals surface area contributed by atoms with E-state index >= 15 is 0 Å². The van der Waals surface area contributed by atoms with Crippen molar-refractivity contribution in [2.75, 3.05) is 0 Å². The van der Waals surface area contributed by atoms with E-state index in [0.717, 1.165) is 0 Å². The smallest absolute Gasteiger partial charge is 0.0295 e. The highest BCUT2D eigenvalue weighted by Crippen LogP contribution is 2.38. The Balaban J connectivity index is 2.00. The maximum atomic E-state index is 4.06. The van der Waals surface area contributed by atoms with Gasteiger partial charge in [0, 0.05) is 24.5 Å². The van der Waals surface area contributed by atoms with Crippen LogP contribution < -0.4 is 5.32 Å². The number of hydrogen-bond acceptors (Lipinski definition) is 2. The Morgan fingerprint density at radius 1 is 1.38 bits per heavy atom. The number of pyridine rings is 1. The Morgan fingerprint density at radius 2 is 2.06 bits per heavy atom. The highest BCUT2D eigenvalue weighted by Gasteiger charge is 2.34. The van der Waals surface area contributed by atoms with Crippen LogP contribution in [0.25, 0.3) is 0 Å². The molecule has 0 aromatic carbocycles. The molecule has 0 spiro atoms. The molecule has 1 aromatic heterocycles. The first kappa shape index (κ1) is 11.6. The molecule has 2 heteroatoms. The van der Waals surface area contributed by atoms with E-state index in [2.05, 4.69) is 43.2 Å². The molecule has 1 N–H and O–H groups in total. The molecule has 1 fully saturated rings. The van der Waals surface area contributed by atoms with E-state index in [9.17, 15) is 0 Å². The lowest BCUT2D eigenvalue weighted by Gasteiger charge is -2.31. The van der Waals surface area contributed by atoms with Gasteiger partial charge in [-0.25, -0.2) is 0 Å². The molecule has 88 valence electrons. The molecule has 1 aliphatic carbocycles. The Hall–Kier alpha value is -0.890. The second-order valence-corrected chi connectivity index (χ2v) is 5.60. The molecule has 1 aromatic rings. The number of hydrogen-bond donors (Lipinski definition) is 1. The summed E-state index contributed by atoms with van der Waals surface area (Å²) in [5, 5.41) is 3.76. The van der Waals surface area contributed by atoms with E-state index in [-0.39, 0.29) is 0 Å². The maximum absolute atomic E-state index is 4.06. The molecule has 0 bridgehead atoms. The van der Waals surface area contributed by atoms with E-state index in [4.69, 9.17) is 0 Å². The minimum atomic E-state index is 0.422. The summed E-state index contributed by atoms with van der Waals surface area (Å²) in [5.74, 6) is 0. The number of aromatic nitrogens is 1. The third kappa shape index (κ3) is 2.43. The van der Waals surface area contributed by atoms with Crippen molar-refractivity contribution in [1.29, 1.82) is 0 Å². The number of nitrogens with zero attached hydrogens (tertiary/aromatic N) is 1. The molecule has 16 heavy (non-hydrogen) atoms. The summed E-state index contributed by atoms with van der Waals surface area (Å²) in [6, 6.07) is 5.26. The van der Waals surface area contributed by atoms with Gasteiger partial charge < -0.3 is 5.32 Å². The van der Waals surface area contributed by atoms with Crippen molar-refractivity contribution in [1.82, 2.24) is 10.3 Å². The molecular weight excluding hydrogens is 196 g/mol. The molecule has 0 saturated heterocycles. The fraction of sp³-hybridized carbons (Fsp3) is 0.643. The Labute approximate surface area is 98.5 Å². The van der Waals surface area contributed by atoms with Gasteiger partial charge in [-0.15, -0.1) is 0 Å². The molecule has 2 unspecified atom stereocenters. The summed E-state index contributed by atoms with van der Waals surface area (Å²) in [4.78, 5) is 4.06. The van der Waals surface area contributed by atoms with Gasteiger partial charge in [0.25, 0.3) is 0 Å². The van der Waals surface area contributed by atoms with Crippen LogP contribution in [0.15, 0.2) is 24.5 Å². The average Bonchev–Trinajstić information content (AvgIpc) is 2.59. The van der Waals surface area contributed by atoms with Gasteiger partial charge in [0.1, 0.15) is 0 Å². The minimum Gasteiger partial charge on any atom is -0.307 e. The summed E-state index contributed by atoms with van der Waals surface area (Å²) in [6.45, 7) is 6.98. The zero-order valence-electron chi connectivity index (χ0n) is 10.5. The SMILES string of the molecule is CC(NC1CCCC1(C)C)c1ccncc1. The van der Waals surface area contributed by atoms with Gasteiger partial charge in [-0.1, -0.05) is 20.3 Å². The van der Waals surface area contributed by atoms with Crippen LogP contribution in [0.5, 0.6) is 0 Å². The topological polar surface area (TPSA) is 24.9 Å². The fourth-order valence-electron chi connectivity index (χ4n) is 2.69. The standard InChI is InChI=1S/C14H22N2/c1-11(12-6-9-15-10-7-12)16-13-5-4-8-14(13,2)3/h6-7,9-11,13,16H,4-5,8H2,1-3H3. The van der Waals surface area contributed by atoms with Gasteiger partial charge in [-0.2, -0.15) is 0 Å². The summed E-state index contributed by atoms with van der Waals surface area (Å²) in [6.07, 6.45) is 7.74. The first-order chi connectivity index (χ1) is 7.59. The van der Waals surface area contributed by atoms with Gasteiger partial charge in [0.05, 0.1) is 0 Å². The van der Waals surface area contributed by atoms with Gasteiger partial charge >= 0.3 is 0 Å². The first-order valence-corrected chi connectivity index (χ1v) is 6.25. The van der Waals surface area contributed by atoms with Crippen molar-refractivity contribution in [2.24, 2.45) is 5.41 Å². The normalized spacial score (nSPS) is 25.6. The van der Waals surface area contributed by atoms with E-state index in [1.807, 2.05) is 12.4 Å². The van der Waals surface area contributed by atoms with Crippen LogP contribution in [-0.2, 0) is 0 Å². The Kier molecular flexibility index (Phi) is 3.29. The van der Waals surface area contributed by atoms with Crippen LogP contribution in [-0.4, -0.2) is 11.0 Å². The molecule has 1 aliphatic rings. The van der Waals surface area contributed by atoms with Gasteiger partial charge in [0.2, 0.25) is 0 Å². The summed E-state index contributed by atoms with van der Waals surface area (Å²) < 4.78 is 0. The minimum absolute atomic E-state index is 0.422. The summed E-state index contributed by atoms with van der Waals surface area (Å²) in [7, 11) is 0. The maximum Gasteiger partial charge on any atom is 0.0295 e. The van der Waals surface area contributed by atoms with Crippen molar-refractivity contribution in [3.8, 4) is 0 Å². The van der Waals surface area contributed by atoms with E-state index < -0.39 is 0 Å². The van der Waals surface area contributed by atoms with Crippen molar-refractivity contribution in [3.05, 3.63) is 30.1 Å². The molecule has 1 saturated carbocycles. The highest BCUT2D eigenvalue weighted by molar-refractivity contribution is 5.14. The van der Waals surface area contributed by atoms with Crippen molar-refractivity contribution in [2.45, 2.75) is 52.1 Å². The van der Waals surface area contributed by atoms with Crippen LogP contribution in [0.3, 0.4) is 0 Å². The molecule has 2 nitrogen and oxygen atoms in total. The van der Waals surface area contributed by atoms with E-state index in [1.165, 1.54) is 24.8 Å². The second kappa shape index (κ2) is 4.54. The molecule has 2 rings (SSSR count). The molecule has 1 heterocycles. The van der Waals surface area contributed by atoms with Gasteiger partial charge in [-0.3, -0.25) is 4.98 Å².